The first-order valence-corrected chi connectivity index (χ1v) is 7.50. The molecule has 2 aliphatic rings. The molecule has 1 N–H and O–H groups in total. The minimum Gasteiger partial charge on any atom is -0.336 e. The average Bonchev–Trinajstić information content (AvgIpc) is 2.86. The lowest BCUT2D eigenvalue weighted by atomic mass is 10.1. The number of hydrogen-bond donors (Lipinski definition) is 1. The Hall–Kier alpha value is -1.88. The number of carbonyl (C=O) groups excluding carboxylic acids is 2. The molecular formula is C16H21N3O2. The summed E-state index contributed by atoms with van der Waals surface area (Å²) in [6.07, 6.45) is 1.42. The molecule has 5 heteroatoms. The van der Waals surface area contributed by atoms with E-state index in [0.717, 1.165) is 37.3 Å². The fourth-order valence-corrected chi connectivity index (χ4v) is 3.12. The van der Waals surface area contributed by atoms with Gasteiger partial charge >= 0.3 is 0 Å². The first-order chi connectivity index (χ1) is 10.1. The van der Waals surface area contributed by atoms with E-state index in [0.29, 0.717) is 18.0 Å². The van der Waals surface area contributed by atoms with Gasteiger partial charge in [0, 0.05) is 36.9 Å². The Balaban J connectivity index is 1.77. The van der Waals surface area contributed by atoms with Gasteiger partial charge in [-0.25, -0.2) is 0 Å². The fraction of sp³-hybridized carbons (Fsp3) is 0.500. The topological polar surface area (TPSA) is 52.7 Å². The van der Waals surface area contributed by atoms with Crippen LogP contribution in [0.5, 0.6) is 0 Å². The van der Waals surface area contributed by atoms with Crippen LogP contribution in [0.25, 0.3) is 0 Å². The lowest BCUT2D eigenvalue weighted by molar-refractivity contribution is -0.115. The van der Waals surface area contributed by atoms with Gasteiger partial charge in [-0.2, -0.15) is 0 Å². The quantitative estimate of drug-likeness (QED) is 0.893. The monoisotopic (exact) mass is 287 g/mol. The molecule has 3 rings (SSSR count). The predicted molar refractivity (Wildman–Crippen MR) is 81.4 cm³/mol. The van der Waals surface area contributed by atoms with Crippen molar-refractivity contribution in [1.82, 2.24) is 9.80 Å². The second-order valence-corrected chi connectivity index (χ2v) is 5.89. The number of amides is 2. The summed E-state index contributed by atoms with van der Waals surface area (Å²) in [7, 11) is 2.11. The van der Waals surface area contributed by atoms with Gasteiger partial charge in [0.25, 0.3) is 5.91 Å². The largest absolute Gasteiger partial charge is 0.336 e. The molecule has 1 aromatic carbocycles. The maximum Gasteiger partial charge on any atom is 0.253 e. The molecule has 0 bridgehead atoms. The highest BCUT2D eigenvalue weighted by molar-refractivity contribution is 6.01. The first-order valence-electron chi connectivity index (χ1n) is 7.50. The number of carbonyl (C=O) groups is 2. The molecule has 1 saturated heterocycles. The molecular weight excluding hydrogens is 266 g/mol. The maximum atomic E-state index is 12.7. The Kier molecular flexibility index (Phi) is 3.68. The van der Waals surface area contributed by atoms with Crippen LogP contribution < -0.4 is 5.32 Å². The van der Waals surface area contributed by atoms with Crippen LogP contribution in [0.3, 0.4) is 0 Å². The van der Waals surface area contributed by atoms with Gasteiger partial charge in [-0.05, 0) is 37.2 Å². The van der Waals surface area contributed by atoms with Crippen LogP contribution in [0, 0.1) is 0 Å². The van der Waals surface area contributed by atoms with Gasteiger partial charge in [-0.1, -0.05) is 6.92 Å². The molecule has 0 radical (unpaired) electrons. The van der Waals surface area contributed by atoms with Gasteiger partial charge in [0.2, 0.25) is 5.91 Å². The molecule has 5 nitrogen and oxygen atoms in total. The molecule has 112 valence electrons. The Morgan fingerprint density at radius 2 is 2.19 bits per heavy atom. The zero-order valence-corrected chi connectivity index (χ0v) is 12.6. The standard InChI is InChI=1S/C16H21N3O2/c1-3-13-10-19(7-6-18(13)2)16(21)11-4-5-14-12(8-11)9-15(20)17-14/h4-5,8,13H,3,6-7,9-10H2,1-2H3,(H,17,20). The summed E-state index contributed by atoms with van der Waals surface area (Å²) in [6.45, 7) is 4.61. The molecule has 0 aromatic heterocycles. The lowest BCUT2D eigenvalue weighted by Crippen LogP contribution is -2.52. The van der Waals surface area contributed by atoms with E-state index >= 15 is 0 Å². The van der Waals surface area contributed by atoms with Gasteiger partial charge in [0.15, 0.2) is 0 Å². The van der Waals surface area contributed by atoms with Crippen molar-refractivity contribution in [3.63, 3.8) is 0 Å². The number of likely N-dealkylation sites (N-methyl/N-ethyl adjacent to an activating group) is 1. The summed E-state index contributed by atoms with van der Waals surface area (Å²) in [5, 5.41) is 2.79. The van der Waals surface area contributed by atoms with Crippen LogP contribution in [0.4, 0.5) is 5.69 Å². The van der Waals surface area contributed by atoms with Gasteiger partial charge in [0.1, 0.15) is 0 Å². The maximum absolute atomic E-state index is 12.7. The van der Waals surface area contributed by atoms with Crippen LogP contribution in [0.1, 0.15) is 29.3 Å². The highest BCUT2D eigenvalue weighted by Gasteiger charge is 2.27. The van der Waals surface area contributed by atoms with Crippen molar-refractivity contribution in [2.24, 2.45) is 0 Å². The highest BCUT2D eigenvalue weighted by atomic mass is 16.2. The van der Waals surface area contributed by atoms with E-state index in [2.05, 4.69) is 24.2 Å². The second-order valence-electron chi connectivity index (χ2n) is 5.89. The fourth-order valence-electron chi connectivity index (χ4n) is 3.12. The summed E-state index contributed by atoms with van der Waals surface area (Å²) in [5.74, 6) is 0.0731. The van der Waals surface area contributed by atoms with Crippen molar-refractivity contribution in [3.05, 3.63) is 29.3 Å². The van der Waals surface area contributed by atoms with Crippen molar-refractivity contribution < 1.29 is 9.59 Å². The van der Waals surface area contributed by atoms with Crippen LogP contribution in [0.15, 0.2) is 18.2 Å². The number of anilines is 1. The normalized spacial score (nSPS) is 22.1. The summed E-state index contributed by atoms with van der Waals surface area (Å²) >= 11 is 0. The van der Waals surface area contributed by atoms with E-state index in [1.807, 2.05) is 23.1 Å². The summed E-state index contributed by atoms with van der Waals surface area (Å²) in [4.78, 5) is 28.3. The van der Waals surface area contributed by atoms with Gasteiger partial charge in [0.05, 0.1) is 6.42 Å². The average molecular weight is 287 g/mol. The zero-order chi connectivity index (χ0) is 15.0. The number of fused-ring (bicyclic) bond motifs is 1. The number of nitrogens with zero attached hydrogens (tertiary/aromatic N) is 2. The third kappa shape index (κ3) is 2.65. The summed E-state index contributed by atoms with van der Waals surface area (Å²) in [6, 6.07) is 5.93. The van der Waals surface area contributed by atoms with Gasteiger partial charge in [-0.3, -0.25) is 14.5 Å². The Morgan fingerprint density at radius 3 is 2.95 bits per heavy atom. The Morgan fingerprint density at radius 1 is 1.38 bits per heavy atom. The zero-order valence-electron chi connectivity index (χ0n) is 12.6. The third-order valence-electron chi connectivity index (χ3n) is 4.51. The van der Waals surface area contributed by atoms with E-state index in [1.165, 1.54) is 0 Å². The second kappa shape index (κ2) is 5.48. The van der Waals surface area contributed by atoms with E-state index in [-0.39, 0.29) is 11.8 Å². The molecule has 1 fully saturated rings. The number of rotatable bonds is 2. The van der Waals surface area contributed by atoms with Crippen molar-refractivity contribution in [2.45, 2.75) is 25.8 Å². The van der Waals surface area contributed by atoms with Crippen LogP contribution >= 0.6 is 0 Å². The van der Waals surface area contributed by atoms with Crippen LogP contribution in [-0.4, -0.2) is 54.3 Å². The number of benzene rings is 1. The molecule has 2 aliphatic heterocycles. The van der Waals surface area contributed by atoms with E-state index in [4.69, 9.17) is 0 Å². The SMILES string of the molecule is CCC1CN(C(=O)c2ccc3c(c2)CC(=O)N3)CCN1C. The minimum atomic E-state index is 0.000225. The van der Waals surface area contributed by atoms with Crippen molar-refractivity contribution >= 4 is 17.5 Å². The lowest BCUT2D eigenvalue weighted by Gasteiger charge is -2.39. The van der Waals surface area contributed by atoms with E-state index in [1.54, 1.807) is 0 Å². The Labute approximate surface area is 124 Å². The molecule has 21 heavy (non-hydrogen) atoms. The summed E-state index contributed by atoms with van der Waals surface area (Å²) < 4.78 is 0. The van der Waals surface area contributed by atoms with Crippen LogP contribution in [-0.2, 0) is 11.2 Å². The molecule has 1 aromatic rings. The van der Waals surface area contributed by atoms with Gasteiger partial charge in [-0.15, -0.1) is 0 Å². The predicted octanol–water partition coefficient (Wildman–Crippen LogP) is 1.35. The highest BCUT2D eigenvalue weighted by Crippen LogP contribution is 2.25. The molecule has 0 aliphatic carbocycles. The molecule has 0 spiro atoms. The molecule has 2 heterocycles. The smallest absolute Gasteiger partial charge is 0.253 e. The molecule has 0 saturated carbocycles. The summed E-state index contributed by atoms with van der Waals surface area (Å²) in [5.41, 5.74) is 2.44. The van der Waals surface area contributed by atoms with Gasteiger partial charge < -0.3 is 10.2 Å². The van der Waals surface area contributed by atoms with Crippen LogP contribution in [0.2, 0.25) is 0 Å². The molecule has 2 amide bonds. The van der Waals surface area contributed by atoms with E-state index < -0.39 is 0 Å². The van der Waals surface area contributed by atoms with Crippen molar-refractivity contribution in [3.8, 4) is 0 Å². The molecule has 1 atom stereocenters. The Bertz CT molecular complexity index is 585. The number of piperazine rings is 1. The van der Waals surface area contributed by atoms with Crippen molar-refractivity contribution in [2.75, 3.05) is 32.0 Å². The van der Waals surface area contributed by atoms with Crippen molar-refractivity contribution in [1.29, 1.82) is 0 Å². The molecule has 1 unspecified atom stereocenters. The minimum absolute atomic E-state index is 0.000225. The van der Waals surface area contributed by atoms with E-state index in [9.17, 15) is 9.59 Å². The third-order valence-corrected chi connectivity index (χ3v) is 4.51. The number of hydrogen-bond acceptors (Lipinski definition) is 3. The number of nitrogens with one attached hydrogen (secondary N) is 1. The first kappa shape index (κ1) is 14.1.